The first-order valence-electron chi connectivity index (χ1n) is 7.07. The second-order valence-electron chi connectivity index (χ2n) is 5.23. The first kappa shape index (κ1) is 17.0. The summed E-state index contributed by atoms with van der Waals surface area (Å²) in [6.45, 7) is -3.10. The van der Waals surface area contributed by atoms with Crippen molar-refractivity contribution >= 4 is 11.9 Å². The van der Waals surface area contributed by atoms with Gasteiger partial charge in [-0.05, 0) is 31.4 Å². The normalized spacial score (nSPS) is 20.3. The van der Waals surface area contributed by atoms with Crippen molar-refractivity contribution < 1.29 is 33.0 Å². The summed E-state index contributed by atoms with van der Waals surface area (Å²) in [7, 11) is 1.28. The van der Waals surface area contributed by atoms with Crippen LogP contribution in [-0.2, 0) is 4.79 Å². The quantitative estimate of drug-likeness (QED) is 0.836. The molecule has 0 spiro atoms. The van der Waals surface area contributed by atoms with Crippen LogP contribution < -0.4 is 14.8 Å². The molecule has 23 heavy (non-hydrogen) atoms. The van der Waals surface area contributed by atoms with Crippen LogP contribution in [0.5, 0.6) is 11.5 Å². The molecular weight excluding hydrogens is 312 g/mol. The van der Waals surface area contributed by atoms with Gasteiger partial charge in [0.25, 0.3) is 5.91 Å². The maximum atomic E-state index is 12.6. The molecule has 0 aromatic heterocycles. The van der Waals surface area contributed by atoms with E-state index in [1.54, 1.807) is 0 Å². The van der Waals surface area contributed by atoms with Gasteiger partial charge in [0.05, 0.1) is 18.6 Å². The predicted molar refractivity (Wildman–Crippen MR) is 75.9 cm³/mol. The Bertz CT molecular complexity index is 593. The minimum atomic E-state index is -3.10. The first-order valence-corrected chi connectivity index (χ1v) is 7.07. The summed E-state index contributed by atoms with van der Waals surface area (Å²) in [5, 5.41) is 11.6. The maximum Gasteiger partial charge on any atom is 0.387 e. The molecule has 8 heteroatoms. The topological polar surface area (TPSA) is 84.9 Å². The van der Waals surface area contributed by atoms with Crippen LogP contribution in [0, 0.1) is 5.92 Å². The molecular formula is C15H17F2NO5. The van der Waals surface area contributed by atoms with Crippen LogP contribution in [0.1, 0.15) is 29.6 Å². The fourth-order valence-corrected chi connectivity index (χ4v) is 2.67. The standard InChI is InChI=1S/C15H17F2NO5/c1-22-11-4-2-3-10(12(11)23-15(16)17)13(19)18-9-6-5-8(7-9)14(20)21/h2-4,8-9,15H,5-7H2,1H3,(H,18,19)(H,20,21)/t8-,9+/m1/s1. The van der Waals surface area contributed by atoms with Crippen molar-refractivity contribution in [1.82, 2.24) is 5.32 Å². The van der Waals surface area contributed by atoms with Gasteiger partial charge in [-0.1, -0.05) is 6.07 Å². The number of benzene rings is 1. The van der Waals surface area contributed by atoms with E-state index in [0.29, 0.717) is 19.3 Å². The molecule has 2 atom stereocenters. The van der Waals surface area contributed by atoms with Crippen LogP contribution >= 0.6 is 0 Å². The van der Waals surface area contributed by atoms with Crippen molar-refractivity contribution in [3.8, 4) is 11.5 Å². The summed E-state index contributed by atoms with van der Waals surface area (Å²) < 4.78 is 34.4. The highest BCUT2D eigenvalue weighted by atomic mass is 19.3. The number of methoxy groups -OCH3 is 1. The number of hydrogen-bond acceptors (Lipinski definition) is 4. The van der Waals surface area contributed by atoms with E-state index < -0.39 is 24.4 Å². The van der Waals surface area contributed by atoms with Gasteiger partial charge in [-0.25, -0.2) is 0 Å². The van der Waals surface area contributed by atoms with E-state index >= 15 is 0 Å². The number of ether oxygens (including phenoxy) is 2. The van der Waals surface area contributed by atoms with Gasteiger partial charge in [0.2, 0.25) is 0 Å². The summed E-state index contributed by atoms with van der Waals surface area (Å²) >= 11 is 0. The number of rotatable bonds is 6. The first-order chi connectivity index (χ1) is 10.9. The number of amides is 1. The van der Waals surface area contributed by atoms with Crippen LogP contribution in [0.15, 0.2) is 18.2 Å². The summed E-state index contributed by atoms with van der Waals surface area (Å²) in [5.74, 6) is -2.31. The number of carboxylic acids is 1. The number of alkyl halides is 2. The van der Waals surface area contributed by atoms with Crippen molar-refractivity contribution in [2.75, 3.05) is 7.11 Å². The lowest BCUT2D eigenvalue weighted by Gasteiger charge is -2.16. The molecule has 6 nitrogen and oxygen atoms in total. The fourth-order valence-electron chi connectivity index (χ4n) is 2.67. The molecule has 2 N–H and O–H groups in total. The Kier molecular flexibility index (Phi) is 5.36. The van der Waals surface area contributed by atoms with E-state index in [1.165, 1.54) is 25.3 Å². The Morgan fingerprint density at radius 2 is 2.09 bits per heavy atom. The molecule has 0 bridgehead atoms. The number of carboxylic acid groups (broad SMARTS) is 1. The number of halogens is 2. The molecule has 2 rings (SSSR count). The van der Waals surface area contributed by atoms with Crippen LogP contribution in [0.4, 0.5) is 8.78 Å². The van der Waals surface area contributed by atoms with E-state index in [1.807, 2.05) is 0 Å². The van der Waals surface area contributed by atoms with Crippen molar-refractivity contribution in [2.24, 2.45) is 5.92 Å². The molecule has 126 valence electrons. The molecule has 0 heterocycles. The van der Waals surface area contributed by atoms with Crippen LogP contribution in [0.3, 0.4) is 0 Å². The van der Waals surface area contributed by atoms with E-state index in [4.69, 9.17) is 9.84 Å². The number of para-hydroxylation sites is 1. The summed E-state index contributed by atoms with van der Waals surface area (Å²) in [6, 6.07) is 3.93. The molecule has 0 unspecified atom stereocenters. The van der Waals surface area contributed by atoms with E-state index in [0.717, 1.165) is 0 Å². The number of nitrogens with one attached hydrogen (secondary N) is 1. The van der Waals surface area contributed by atoms with E-state index in [-0.39, 0.29) is 23.1 Å². The Morgan fingerprint density at radius 1 is 1.35 bits per heavy atom. The summed E-state index contributed by atoms with van der Waals surface area (Å²) in [5.41, 5.74) is -0.0802. The highest BCUT2D eigenvalue weighted by molar-refractivity contribution is 5.98. The molecule has 1 aliphatic carbocycles. The number of carbonyl (C=O) groups is 2. The Morgan fingerprint density at radius 3 is 2.65 bits per heavy atom. The monoisotopic (exact) mass is 329 g/mol. The molecule has 1 fully saturated rings. The minimum absolute atomic E-state index is 0.0211. The van der Waals surface area contributed by atoms with Crippen molar-refractivity contribution in [3.63, 3.8) is 0 Å². The minimum Gasteiger partial charge on any atom is -0.493 e. The summed E-state index contributed by atoms with van der Waals surface area (Å²) in [4.78, 5) is 23.2. The maximum absolute atomic E-state index is 12.6. The molecule has 1 aromatic rings. The van der Waals surface area contributed by atoms with Crippen LogP contribution in [0.2, 0.25) is 0 Å². The van der Waals surface area contributed by atoms with Crippen LogP contribution in [-0.4, -0.2) is 36.7 Å². The SMILES string of the molecule is COc1cccc(C(=O)N[C@H]2CC[C@@H](C(=O)O)C2)c1OC(F)F. The number of carbonyl (C=O) groups excluding carboxylic acids is 1. The third kappa shape index (κ3) is 4.08. The highest BCUT2D eigenvalue weighted by Gasteiger charge is 2.31. The zero-order valence-corrected chi connectivity index (χ0v) is 12.4. The lowest BCUT2D eigenvalue weighted by Crippen LogP contribution is -2.33. The zero-order valence-electron chi connectivity index (χ0n) is 12.4. The van der Waals surface area contributed by atoms with Crippen LogP contribution in [0.25, 0.3) is 0 Å². The van der Waals surface area contributed by atoms with Gasteiger partial charge >= 0.3 is 12.6 Å². The Balaban J connectivity index is 2.14. The van der Waals surface area contributed by atoms with Gasteiger partial charge < -0.3 is 19.9 Å². The molecule has 1 aromatic carbocycles. The molecule has 0 saturated heterocycles. The Hall–Kier alpha value is -2.38. The number of aliphatic carboxylic acids is 1. The van der Waals surface area contributed by atoms with Gasteiger partial charge in [-0.2, -0.15) is 8.78 Å². The molecule has 1 amide bonds. The highest BCUT2D eigenvalue weighted by Crippen LogP contribution is 2.33. The average molecular weight is 329 g/mol. The molecule has 0 aliphatic heterocycles. The third-order valence-corrected chi connectivity index (χ3v) is 3.77. The van der Waals surface area contributed by atoms with Gasteiger partial charge in [-0.3, -0.25) is 9.59 Å². The van der Waals surface area contributed by atoms with Gasteiger partial charge in [0, 0.05) is 6.04 Å². The van der Waals surface area contributed by atoms with Crippen molar-refractivity contribution in [1.29, 1.82) is 0 Å². The summed E-state index contributed by atoms with van der Waals surface area (Å²) in [6.07, 6.45) is 1.31. The second-order valence-corrected chi connectivity index (χ2v) is 5.23. The van der Waals surface area contributed by atoms with Crippen molar-refractivity contribution in [3.05, 3.63) is 23.8 Å². The molecule has 0 radical (unpaired) electrons. The average Bonchev–Trinajstić information content (AvgIpc) is 2.95. The number of hydrogen-bond donors (Lipinski definition) is 2. The van der Waals surface area contributed by atoms with Crippen molar-refractivity contribution in [2.45, 2.75) is 31.9 Å². The lowest BCUT2D eigenvalue weighted by atomic mass is 10.1. The van der Waals surface area contributed by atoms with E-state index in [2.05, 4.69) is 10.1 Å². The molecule has 1 saturated carbocycles. The van der Waals surface area contributed by atoms with E-state index in [9.17, 15) is 18.4 Å². The smallest absolute Gasteiger partial charge is 0.387 e. The van der Waals surface area contributed by atoms with Gasteiger partial charge in [0.1, 0.15) is 0 Å². The van der Waals surface area contributed by atoms with Gasteiger partial charge in [0.15, 0.2) is 11.5 Å². The third-order valence-electron chi connectivity index (χ3n) is 3.77. The zero-order chi connectivity index (χ0) is 17.0. The fraction of sp³-hybridized carbons (Fsp3) is 0.467. The lowest BCUT2D eigenvalue weighted by molar-refractivity contribution is -0.141. The van der Waals surface area contributed by atoms with Gasteiger partial charge in [-0.15, -0.1) is 0 Å². The largest absolute Gasteiger partial charge is 0.493 e. The second kappa shape index (κ2) is 7.26. The predicted octanol–water partition coefficient (Wildman–Crippen LogP) is 2.28. The molecule has 1 aliphatic rings. The Labute approximate surface area is 131 Å².